The number of rotatable bonds is 6. The van der Waals surface area contributed by atoms with Crippen LogP contribution in [0.1, 0.15) is 40.0 Å². The summed E-state index contributed by atoms with van der Waals surface area (Å²) in [7, 11) is 1.73. The Morgan fingerprint density at radius 1 is 1.03 bits per heavy atom. The van der Waals surface area contributed by atoms with Gasteiger partial charge < -0.3 is 16.0 Å². The number of nitrogens with one attached hydrogen (secondary N) is 3. The lowest BCUT2D eigenvalue weighted by molar-refractivity contribution is -0.137. The van der Waals surface area contributed by atoms with Gasteiger partial charge in [-0.3, -0.25) is 9.59 Å². The van der Waals surface area contributed by atoms with Crippen LogP contribution >= 0.6 is 11.6 Å². The third-order valence-electron chi connectivity index (χ3n) is 5.88. The second-order valence-electron chi connectivity index (χ2n) is 8.25. The molecule has 4 rings (SSSR count). The topological polar surface area (TPSA) is 96.0 Å². The zero-order chi connectivity index (χ0) is 25.4. The molecule has 7 nitrogen and oxygen atoms in total. The minimum atomic E-state index is -4.69. The average Bonchev–Trinajstić information content (AvgIpc) is 3.63. The minimum Gasteiger partial charge on any atom is -0.373 e. The molecule has 11 heteroatoms. The van der Waals surface area contributed by atoms with Crippen molar-refractivity contribution in [2.45, 2.75) is 31.4 Å². The van der Waals surface area contributed by atoms with E-state index in [-0.39, 0.29) is 11.5 Å². The Bertz CT molecular complexity index is 1310. The largest absolute Gasteiger partial charge is 0.417 e. The number of benzene rings is 2. The van der Waals surface area contributed by atoms with Crippen molar-refractivity contribution in [1.82, 2.24) is 9.97 Å². The van der Waals surface area contributed by atoms with E-state index in [2.05, 4.69) is 25.9 Å². The number of aryl methyl sites for hydroxylation is 1. The van der Waals surface area contributed by atoms with E-state index in [1.165, 1.54) is 12.4 Å². The summed E-state index contributed by atoms with van der Waals surface area (Å²) in [5.41, 5.74) is 0.0740. The van der Waals surface area contributed by atoms with Gasteiger partial charge in [-0.05, 0) is 55.7 Å². The molecule has 0 bridgehead atoms. The van der Waals surface area contributed by atoms with Crippen LogP contribution in [0, 0.1) is 6.92 Å². The fourth-order valence-corrected chi connectivity index (χ4v) is 3.87. The zero-order valence-electron chi connectivity index (χ0n) is 18.8. The van der Waals surface area contributed by atoms with E-state index in [0.717, 1.165) is 11.6 Å². The molecule has 35 heavy (non-hydrogen) atoms. The second kappa shape index (κ2) is 9.18. The number of carbonyl (C=O) groups excluding carboxylic acids is 2. The molecule has 1 saturated carbocycles. The quantitative estimate of drug-likeness (QED) is 0.417. The maximum Gasteiger partial charge on any atom is 0.417 e. The van der Waals surface area contributed by atoms with Crippen molar-refractivity contribution in [3.05, 3.63) is 76.2 Å². The summed E-state index contributed by atoms with van der Waals surface area (Å²) in [4.78, 5) is 34.1. The molecule has 1 aliphatic rings. The predicted molar refractivity (Wildman–Crippen MR) is 127 cm³/mol. The Labute approximate surface area is 204 Å². The van der Waals surface area contributed by atoms with Crippen LogP contribution in [0.25, 0.3) is 0 Å². The van der Waals surface area contributed by atoms with Crippen LogP contribution in [0.5, 0.6) is 0 Å². The lowest BCUT2D eigenvalue weighted by Crippen LogP contribution is -2.29. The summed E-state index contributed by atoms with van der Waals surface area (Å²) in [5.74, 6) is -0.379. The smallest absolute Gasteiger partial charge is 0.373 e. The van der Waals surface area contributed by atoms with Gasteiger partial charge in [-0.2, -0.15) is 13.2 Å². The van der Waals surface area contributed by atoms with Gasteiger partial charge in [0.2, 0.25) is 5.91 Å². The molecule has 1 heterocycles. The molecule has 3 aromatic rings. The van der Waals surface area contributed by atoms with Gasteiger partial charge in [-0.1, -0.05) is 17.7 Å². The highest BCUT2D eigenvalue weighted by Crippen LogP contribution is 2.48. The van der Waals surface area contributed by atoms with Crippen LogP contribution in [0.2, 0.25) is 5.02 Å². The normalized spacial score (nSPS) is 14.2. The third kappa shape index (κ3) is 5.07. The molecular formula is C24H21ClF3N5O2. The third-order valence-corrected chi connectivity index (χ3v) is 6.21. The van der Waals surface area contributed by atoms with Crippen LogP contribution < -0.4 is 16.0 Å². The number of amides is 2. The first-order chi connectivity index (χ1) is 16.5. The van der Waals surface area contributed by atoms with Gasteiger partial charge in [-0.15, -0.1) is 0 Å². The molecule has 3 N–H and O–H groups in total. The van der Waals surface area contributed by atoms with Crippen LogP contribution in [0.15, 0.2) is 48.8 Å². The van der Waals surface area contributed by atoms with E-state index in [1.54, 1.807) is 38.2 Å². The van der Waals surface area contributed by atoms with E-state index in [4.69, 9.17) is 11.6 Å². The standard InChI is InChI=1S/C24H21ClF3N5O2/c1-13-3-5-15(32-21(34)14-4-6-17(25)16(9-14)24(26,27)28)10-18(13)33-22(35)23(7-8-23)19-11-20(29-2)31-12-30-19/h3-6,9-12H,7-8H2,1-2H3,(H,32,34)(H,33,35)(H,29,30,31). The van der Waals surface area contributed by atoms with Crippen molar-refractivity contribution >= 4 is 40.6 Å². The van der Waals surface area contributed by atoms with Gasteiger partial charge >= 0.3 is 6.18 Å². The van der Waals surface area contributed by atoms with Gasteiger partial charge in [-0.25, -0.2) is 9.97 Å². The zero-order valence-corrected chi connectivity index (χ0v) is 19.5. The highest BCUT2D eigenvalue weighted by molar-refractivity contribution is 6.31. The Hall–Kier alpha value is -3.66. The van der Waals surface area contributed by atoms with Crippen LogP contribution in [0.3, 0.4) is 0 Å². The van der Waals surface area contributed by atoms with Gasteiger partial charge in [0, 0.05) is 30.1 Å². The number of halogens is 4. The van der Waals surface area contributed by atoms with Gasteiger partial charge in [0.05, 0.1) is 21.7 Å². The van der Waals surface area contributed by atoms with Gasteiger partial charge in [0.1, 0.15) is 12.1 Å². The maximum atomic E-state index is 13.2. The van der Waals surface area contributed by atoms with Crippen molar-refractivity contribution in [3.63, 3.8) is 0 Å². The van der Waals surface area contributed by atoms with Crippen molar-refractivity contribution in [3.8, 4) is 0 Å². The van der Waals surface area contributed by atoms with E-state index in [9.17, 15) is 22.8 Å². The molecule has 1 fully saturated rings. The maximum absolute atomic E-state index is 13.2. The molecule has 2 aromatic carbocycles. The highest BCUT2D eigenvalue weighted by Gasteiger charge is 2.53. The van der Waals surface area contributed by atoms with Crippen molar-refractivity contribution in [2.75, 3.05) is 23.0 Å². The van der Waals surface area contributed by atoms with Gasteiger partial charge in [0.15, 0.2) is 0 Å². The average molecular weight is 504 g/mol. The van der Waals surface area contributed by atoms with E-state index in [1.807, 2.05) is 0 Å². The van der Waals surface area contributed by atoms with E-state index in [0.29, 0.717) is 41.8 Å². The van der Waals surface area contributed by atoms with Crippen LogP contribution in [-0.4, -0.2) is 28.8 Å². The van der Waals surface area contributed by atoms with Crippen LogP contribution in [0.4, 0.5) is 30.4 Å². The molecule has 1 aromatic heterocycles. The molecule has 0 unspecified atom stereocenters. The number of hydrogen-bond acceptors (Lipinski definition) is 5. The Kier molecular flexibility index (Phi) is 6.42. The van der Waals surface area contributed by atoms with E-state index >= 15 is 0 Å². The second-order valence-corrected chi connectivity index (χ2v) is 8.66. The monoisotopic (exact) mass is 503 g/mol. The van der Waals surface area contributed by atoms with Crippen LogP contribution in [-0.2, 0) is 16.4 Å². The summed E-state index contributed by atoms with van der Waals surface area (Å²) >= 11 is 5.63. The molecular weight excluding hydrogens is 483 g/mol. The number of nitrogens with zero attached hydrogens (tertiary/aromatic N) is 2. The summed E-state index contributed by atoms with van der Waals surface area (Å²) in [6.07, 6.45) is -2.03. The first-order valence-electron chi connectivity index (χ1n) is 10.6. The number of anilines is 3. The first-order valence-corrected chi connectivity index (χ1v) is 11.0. The number of alkyl halides is 3. The summed E-state index contributed by atoms with van der Waals surface area (Å²) in [6.45, 7) is 1.79. The fourth-order valence-electron chi connectivity index (χ4n) is 3.64. The number of aromatic nitrogens is 2. The number of carbonyl (C=O) groups is 2. The first kappa shape index (κ1) is 24.5. The fraction of sp³-hybridized carbons (Fsp3) is 0.250. The Morgan fingerprint density at radius 3 is 2.43 bits per heavy atom. The molecule has 0 spiro atoms. The highest BCUT2D eigenvalue weighted by atomic mass is 35.5. The van der Waals surface area contributed by atoms with Crippen molar-refractivity contribution in [1.29, 1.82) is 0 Å². The predicted octanol–water partition coefficient (Wildman–Crippen LogP) is 5.42. The lowest BCUT2D eigenvalue weighted by atomic mass is 10.00. The summed E-state index contributed by atoms with van der Waals surface area (Å²) in [6, 6.07) is 9.52. The molecule has 2 amide bonds. The Morgan fingerprint density at radius 2 is 1.77 bits per heavy atom. The molecule has 182 valence electrons. The SMILES string of the molecule is CNc1cc(C2(C(=O)Nc3cc(NC(=O)c4ccc(Cl)c(C(F)(F)F)c4)ccc3C)CC2)ncn1. The molecule has 0 radical (unpaired) electrons. The molecule has 0 saturated heterocycles. The van der Waals surface area contributed by atoms with Gasteiger partial charge in [0.25, 0.3) is 5.91 Å². The Balaban J connectivity index is 1.53. The lowest BCUT2D eigenvalue weighted by Gasteiger charge is -2.17. The summed E-state index contributed by atoms with van der Waals surface area (Å²) in [5, 5.41) is 7.90. The number of hydrogen-bond donors (Lipinski definition) is 3. The van der Waals surface area contributed by atoms with Crippen molar-refractivity contribution < 1.29 is 22.8 Å². The van der Waals surface area contributed by atoms with Crippen molar-refractivity contribution in [2.24, 2.45) is 0 Å². The van der Waals surface area contributed by atoms with E-state index < -0.39 is 28.1 Å². The summed E-state index contributed by atoms with van der Waals surface area (Å²) < 4.78 is 39.4. The molecule has 0 atom stereocenters. The molecule has 0 aliphatic heterocycles. The minimum absolute atomic E-state index is 0.200. The molecule has 1 aliphatic carbocycles.